The van der Waals surface area contributed by atoms with Gasteiger partial charge in [-0.15, -0.1) is 0 Å². The zero-order valence-corrected chi connectivity index (χ0v) is 18.7. The lowest BCUT2D eigenvalue weighted by atomic mass is 9.94. The van der Waals surface area contributed by atoms with Crippen LogP contribution in [-0.4, -0.2) is 81.7 Å². The first kappa shape index (κ1) is 24.5. The van der Waals surface area contributed by atoms with Gasteiger partial charge in [-0.1, -0.05) is 6.07 Å². The van der Waals surface area contributed by atoms with Crippen molar-refractivity contribution in [3.05, 3.63) is 47.0 Å². The Labute approximate surface area is 196 Å². The van der Waals surface area contributed by atoms with Crippen LogP contribution >= 0.6 is 0 Å². The fraction of sp³-hybridized carbons (Fsp3) is 0.500. The van der Waals surface area contributed by atoms with Crippen molar-refractivity contribution in [3.8, 4) is 23.0 Å². The number of aliphatic hydroxyl groups is 5. The molecule has 0 amide bonds. The summed E-state index contributed by atoms with van der Waals surface area (Å²) in [5, 5.41) is 59.7. The van der Waals surface area contributed by atoms with Gasteiger partial charge in [0, 0.05) is 30.2 Å². The van der Waals surface area contributed by atoms with Crippen molar-refractivity contribution >= 4 is 0 Å². The monoisotopic (exact) mass is 478 g/mol. The maximum absolute atomic E-state index is 10.4. The SMILES string of the molecule is COc1ccc([C@@H]2CCc3ccc(O)c(CCO)c3O2)c(O[C@@H]2O[C@H](CO)[C@@H](O)[C@H](O)[C@H]2O)c1. The summed E-state index contributed by atoms with van der Waals surface area (Å²) >= 11 is 0. The second kappa shape index (κ2) is 10.3. The highest BCUT2D eigenvalue weighted by Crippen LogP contribution is 2.44. The first-order valence-corrected chi connectivity index (χ1v) is 11.1. The number of aromatic hydroxyl groups is 1. The summed E-state index contributed by atoms with van der Waals surface area (Å²) in [6.07, 6.45) is -6.13. The molecule has 0 aromatic heterocycles. The van der Waals surface area contributed by atoms with Crippen LogP contribution in [0.4, 0.5) is 0 Å². The zero-order valence-electron chi connectivity index (χ0n) is 18.7. The highest BCUT2D eigenvalue weighted by molar-refractivity contribution is 5.52. The molecular weight excluding hydrogens is 448 g/mol. The molecule has 2 aromatic rings. The van der Waals surface area contributed by atoms with Crippen molar-refractivity contribution < 1.29 is 49.6 Å². The molecule has 4 rings (SSSR count). The summed E-state index contributed by atoms with van der Waals surface area (Å²) < 4.78 is 23.0. The van der Waals surface area contributed by atoms with Gasteiger partial charge in [0.15, 0.2) is 0 Å². The minimum atomic E-state index is -1.58. The third-order valence-electron chi connectivity index (χ3n) is 6.27. The summed E-state index contributed by atoms with van der Waals surface area (Å²) in [6, 6.07) is 8.45. The van der Waals surface area contributed by atoms with Gasteiger partial charge in [0.05, 0.1) is 13.7 Å². The number of rotatable bonds is 7. The Balaban J connectivity index is 1.65. The second-order valence-electron chi connectivity index (χ2n) is 8.39. The minimum Gasteiger partial charge on any atom is -0.508 e. The van der Waals surface area contributed by atoms with Crippen LogP contribution in [0.5, 0.6) is 23.0 Å². The van der Waals surface area contributed by atoms with E-state index in [0.29, 0.717) is 35.5 Å². The highest BCUT2D eigenvalue weighted by atomic mass is 16.7. The molecule has 1 fully saturated rings. The van der Waals surface area contributed by atoms with E-state index in [1.807, 2.05) is 0 Å². The van der Waals surface area contributed by atoms with Crippen LogP contribution in [0, 0.1) is 0 Å². The molecule has 2 aromatic carbocycles. The van der Waals surface area contributed by atoms with Crippen molar-refractivity contribution in [2.45, 2.75) is 56.1 Å². The van der Waals surface area contributed by atoms with E-state index in [9.17, 15) is 30.6 Å². The van der Waals surface area contributed by atoms with Crippen LogP contribution in [0.15, 0.2) is 30.3 Å². The fourth-order valence-electron chi connectivity index (χ4n) is 4.37. The van der Waals surface area contributed by atoms with Gasteiger partial charge < -0.3 is 49.6 Å². The van der Waals surface area contributed by atoms with Gasteiger partial charge in [-0.3, -0.25) is 0 Å². The Hall–Kier alpha value is -2.60. The lowest BCUT2D eigenvalue weighted by molar-refractivity contribution is -0.277. The van der Waals surface area contributed by atoms with Crippen molar-refractivity contribution in [2.24, 2.45) is 0 Å². The lowest BCUT2D eigenvalue weighted by Gasteiger charge is -2.40. The third-order valence-corrected chi connectivity index (χ3v) is 6.27. The Kier molecular flexibility index (Phi) is 7.46. The summed E-state index contributed by atoms with van der Waals surface area (Å²) in [5.41, 5.74) is 2.05. The number of aliphatic hydroxyl groups excluding tert-OH is 5. The molecule has 1 saturated heterocycles. The molecule has 2 aliphatic rings. The fourth-order valence-corrected chi connectivity index (χ4v) is 4.37. The van der Waals surface area contributed by atoms with Crippen LogP contribution in [0.3, 0.4) is 0 Å². The van der Waals surface area contributed by atoms with E-state index in [2.05, 4.69) is 0 Å². The number of benzene rings is 2. The molecule has 186 valence electrons. The van der Waals surface area contributed by atoms with Crippen molar-refractivity contribution in [1.82, 2.24) is 0 Å². The van der Waals surface area contributed by atoms with Crippen LogP contribution in [0.1, 0.15) is 29.2 Å². The smallest absolute Gasteiger partial charge is 0.229 e. The Morgan fingerprint density at radius 1 is 1.03 bits per heavy atom. The van der Waals surface area contributed by atoms with E-state index < -0.39 is 43.4 Å². The van der Waals surface area contributed by atoms with Gasteiger partial charge in [0.25, 0.3) is 0 Å². The Morgan fingerprint density at radius 3 is 2.53 bits per heavy atom. The van der Waals surface area contributed by atoms with Crippen molar-refractivity contribution in [2.75, 3.05) is 20.3 Å². The predicted molar refractivity (Wildman–Crippen MR) is 118 cm³/mol. The molecule has 0 radical (unpaired) electrons. The molecule has 6 N–H and O–H groups in total. The molecule has 0 unspecified atom stereocenters. The molecule has 10 heteroatoms. The van der Waals surface area contributed by atoms with Gasteiger partial charge in [0.2, 0.25) is 6.29 Å². The third kappa shape index (κ3) is 4.65. The molecular formula is C24H30O10. The van der Waals surface area contributed by atoms with Gasteiger partial charge in [0.1, 0.15) is 53.5 Å². The molecule has 10 nitrogen and oxygen atoms in total. The van der Waals surface area contributed by atoms with Crippen LogP contribution in [-0.2, 0) is 17.6 Å². The second-order valence-corrected chi connectivity index (χ2v) is 8.39. The first-order valence-electron chi connectivity index (χ1n) is 11.1. The van der Waals surface area contributed by atoms with E-state index in [0.717, 1.165) is 5.56 Å². The van der Waals surface area contributed by atoms with E-state index in [4.69, 9.17) is 18.9 Å². The summed E-state index contributed by atoms with van der Waals surface area (Å²) in [7, 11) is 1.49. The number of phenols is 1. The van der Waals surface area contributed by atoms with Crippen molar-refractivity contribution in [1.29, 1.82) is 0 Å². The predicted octanol–water partition coefficient (Wildman–Crippen LogP) is 0.181. The quantitative estimate of drug-likeness (QED) is 0.324. The maximum atomic E-state index is 10.4. The topological polar surface area (TPSA) is 158 Å². The summed E-state index contributed by atoms with van der Waals surface area (Å²) in [5.74, 6) is 1.29. The highest BCUT2D eigenvalue weighted by Gasteiger charge is 2.45. The van der Waals surface area contributed by atoms with E-state index in [1.54, 1.807) is 30.3 Å². The van der Waals surface area contributed by atoms with Gasteiger partial charge in [-0.05, 0) is 36.6 Å². The average Bonchev–Trinajstić information content (AvgIpc) is 2.85. The number of hydrogen-bond donors (Lipinski definition) is 6. The molecule has 0 aliphatic carbocycles. The largest absolute Gasteiger partial charge is 0.508 e. The zero-order chi connectivity index (χ0) is 24.4. The Bertz CT molecular complexity index is 994. The van der Waals surface area contributed by atoms with Gasteiger partial charge in [-0.2, -0.15) is 0 Å². The first-order chi connectivity index (χ1) is 16.4. The number of hydrogen-bond acceptors (Lipinski definition) is 10. The lowest BCUT2D eigenvalue weighted by Crippen LogP contribution is -2.60. The summed E-state index contributed by atoms with van der Waals surface area (Å²) in [6.45, 7) is -0.721. The molecule has 0 saturated carbocycles. The number of aryl methyl sites for hydroxylation is 1. The van der Waals surface area contributed by atoms with E-state index in [-0.39, 0.29) is 24.5 Å². The molecule has 6 atom stereocenters. The van der Waals surface area contributed by atoms with Crippen LogP contribution < -0.4 is 14.2 Å². The standard InChI is InChI=1S/C24H30O10/c1-31-13-4-5-15(17-7-3-12-2-6-16(27)14(8-9-25)23(12)32-17)18(10-13)33-24-22(30)21(29)20(28)19(11-26)34-24/h2,4-6,10,17,19-22,24-30H,3,7-9,11H2,1H3/t17-,19+,20+,21-,22+,24+/m0/s1. The number of ether oxygens (including phenoxy) is 4. The number of methoxy groups -OCH3 is 1. The van der Waals surface area contributed by atoms with Gasteiger partial charge >= 0.3 is 0 Å². The van der Waals surface area contributed by atoms with Crippen LogP contribution in [0.2, 0.25) is 0 Å². The molecule has 2 heterocycles. The summed E-state index contributed by atoms with van der Waals surface area (Å²) in [4.78, 5) is 0. The number of phenolic OH excluding ortho intramolecular Hbond substituents is 1. The molecule has 34 heavy (non-hydrogen) atoms. The van der Waals surface area contributed by atoms with E-state index >= 15 is 0 Å². The van der Waals surface area contributed by atoms with Gasteiger partial charge in [-0.25, -0.2) is 0 Å². The maximum Gasteiger partial charge on any atom is 0.229 e. The molecule has 2 aliphatic heterocycles. The van der Waals surface area contributed by atoms with E-state index in [1.165, 1.54) is 7.11 Å². The number of fused-ring (bicyclic) bond motifs is 1. The average molecular weight is 478 g/mol. The molecule has 0 bridgehead atoms. The van der Waals surface area contributed by atoms with Crippen molar-refractivity contribution in [3.63, 3.8) is 0 Å². The molecule has 0 spiro atoms. The van der Waals surface area contributed by atoms with Crippen LogP contribution in [0.25, 0.3) is 0 Å². The normalized spacial score (nSPS) is 28.6. The minimum absolute atomic E-state index is 0.0426. The Morgan fingerprint density at radius 2 is 1.82 bits per heavy atom.